The summed E-state index contributed by atoms with van der Waals surface area (Å²) >= 11 is 0. The number of amides is 3. The van der Waals surface area contributed by atoms with Crippen LogP contribution >= 0.6 is 0 Å². The summed E-state index contributed by atoms with van der Waals surface area (Å²) in [5.41, 5.74) is 2.99. The number of hydrogen-bond donors (Lipinski definition) is 1. The van der Waals surface area contributed by atoms with Crippen LogP contribution in [0.2, 0.25) is 0 Å². The maximum absolute atomic E-state index is 15.1. The highest BCUT2D eigenvalue weighted by atomic mass is 16.6. The van der Waals surface area contributed by atoms with Gasteiger partial charge in [0.1, 0.15) is 11.6 Å². The number of esters is 1. The van der Waals surface area contributed by atoms with Gasteiger partial charge in [-0.05, 0) is 69.0 Å². The smallest absolute Gasteiger partial charge is 0.407 e. The number of fused-ring (bicyclic) bond motifs is 1. The van der Waals surface area contributed by atoms with Crippen molar-refractivity contribution >= 4 is 29.6 Å². The fraction of sp³-hybridized carbons (Fsp3) is 0.302. The quantitative estimate of drug-likeness (QED) is 0.0975. The molecule has 52 heavy (non-hydrogen) atoms. The lowest BCUT2D eigenvalue weighted by molar-refractivity contribution is -0.145. The van der Waals surface area contributed by atoms with Crippen LogP contribution in [0, 0.1) is 11.8 Å². The van der Waals surface area contributed by atoms with Crippen LogP contribution in [0.25, 0.3) is 0 Å². The number of benzene rings is 4. The molecule has 2 atom stereocenters. The van der Waals surface area contributed by atoms with Gasteiger partial charge in [-0.25, -0.2) is 4.79 Å². The van der Waals surface area contributed by atoms with Crippen molar-refractivity contribution in [3.63, 3.8) is 0 Å². The predicted octanol–water partition coefficient (Wildman–Crippen LogP) is 7.77. The number of carbonyl (C=O) groups excluding carboxylic acids is 4. The number of hydrogen-bond acceptors (Lipinski definition) is 6. The van der Waals surface area contributed by atoms with Crippen molar-refractivity contribution in [2.75, 3.05) is 18.1 Å². The van der Waals surface area contributed by atoms with E-state index in [-0.39, 0.29) is 25.5 Å². The Labute approximate surface area is 305 Å². The largest absolute Gasteiger partial charge is 0.466 e. The van der Waals surface area contributed by atoms with Crippen LogP contribution in [0.5, 0.6) is 0 Å². The zero-order chi connectivity index (χ0) is 37.1. The Kier molecular flexibility index (Phi) is 12.5. The second kappa shape index (κ2) is 17.4. The van der Waals surface area contributed by atoms with E-state index < -0.39 is 35.7 Å². The van der Waals surface area contributed by atoms with Gasteiger partial charge in [0.05, 0.1) is 36.9 Å². The Bertz CT molecular complexity index is 1910. The third kappa shape index (κ3) is 9.67. The maximum atomic E-state index is 15.1. The number of rotatable bonds is 11. The number of anilines is 1. The second-order valence-corrected chi connectivity index (χ2v) is 13.4. The van der Waals surface area contributed by atoms with Gasteiger partial charge >= 0.3 is 12.1 Å². The third-order valence-corrected chi connectivity index (χ3v) is 8.39. The van der Waals surface area contributed by atoms with E-state index >= 15 is 9.59 Å². The predicted molar refractivity (Wildman–Crippen MR) is 200 cm³/mol. The Balaban J connectivity index is 1.57. The van der Waals surface area contributed by atoms with Crippen molar-refractivity contribution in [1.82, 2.24) is 10.2 Å². The average Bonchev–Trinajstić information content (AvgIpc) is 3.21. The molecule has 0 spiro atoms. The molecule has 0 aliphatic carbocycles. The molecule has 4 aromatic rings. The molecule has 0 radical (unpaired) electrons. The zero-order valence-electron chi connectivity index (χ0n) is 30.1. The summed E-state index contributed by atoms with van der Waals surface area (Å²) in [6.45, 7) is 7.97. The number of carbonyl (C=O) groups is 4. The number of nitrogens with one attached hydrogen (secondary N) is 1. The van der Waals surface area contributed by atoms with Gasteiger partial charge in [0.15, 0.2) is 0 Å². The summed E-state index contributed by atoms with van der Waals surface area (Å²) in [6.07, 6.45) is 0.478. The highest BCUT2D eigenvalue weighted by Gasteiger charge is 2.44. The van der Waals surface area contributed by atoms with Gasteiger partial charge in [-0.15, -0.1) is 0 Å². The van der Waals surface area contributed by atoms with E-state index in [1.54, 1.807) is 28.9 Å². The van der Waals surface area contributed by atoms with Gasteiger partial charge in [0.25, 0.3) is 11.8 Å². The van der Waals surface area contributed by atoms with Crippen LogP contribution in [0.3, 0.4) is 0 Å². The van der Waals surface area contributed by atoms with E-state index in [0.717, 1.165) is 5.56 Å². The summed E-state index contributed by atoms with van der Waals surface area (Å²) in [7, 11) is 0. The standard InChI is InChI=1S/C43H45N3O6/c1-5-51-38(47)29-37(33-21-13-7-14-22-33)46-39(34-23-15-8-16-24-34)41(49)45(30-32-19-10-6-11-20-32)36-26-25-31(28-35(36)40(46)48)18-12-9-17-27-44-42(50)52-43(2,3)4/h6-8,10-11,13-16,19-26,28,37,39H,5,9,17,27,29-30H2,1-4H3,(H,44,50). The fourth-order valence-electron chi connectivity index (χ4n) is 6.13. The van der Waals surface area contributed by atoms with Crippen LogP contribution in [0.15, 0.2) is 109 Å². The molecule has 1 aliphatic rings. The molecule has 5 rings (SSSR count). The summed E-state index contributed by atoms with van der Waals surface area (Å²) in [5.74, 6) is 5.12. The Morgan fingerprint density at radius 2 is 1.54 bits per heavy atom. The Morgan fingerprint density at radius 1 is 0.885 bits per heavy atom. The van der Waals surface area contributed by atoms with Crippen molar-refractivity contribution in [2.24, 2.45) is 0 Å². The van der Waals surface area contributed by atoms with Gasteiger partial charge in [-0.1, -0.05) is 103 Å². The van der Waals surface area contributed by atoms with Crippen molar-refractivity contribution < 1.29 is 28.7 Å². The monoisotopic (exact) mass is 699 g/mol. The van der Waals surface area contributed by atoms with Gasteiger partial charge in [0, 0.05) is 18.5 Å². The number of alkyl carbamates (subject to hydrolysis) is 1. The van der Waals surface area contributed by atoms with Gasteiger partial charge in [-0.3, -0.25) is 14.4 Å². The topological polar surface area (TPSA) is 105 Å². The lowest BCUT2D eigenvalue weighted by Crippen LogP contribution is -2.44. The Hall–Kier alpha value is -5.88. The molecule has 0 bridgehead atoms. The third-order valence-electron chi connectivity index (χ3n) is 8.39. The van der Waals surface area contributed by atoms with Crippen LogP contribution in [-0.2, 0) is 25.6 Å². The summed E-state index contributed by atoms with van der Waals surface area (Å²) in [4.78, 5) is 58.6. The van der Waals surface area contributed by atoms with Crippen LogP contribution < -0.4 is 10.2 Å². The molecule has 4 aromatic carbocycles. The first-order chi connectivity index (χ1) is 25.1. The summed E-state index contributed by atoms with van der Waals surface area (Å²) in [6, 6.07) is 31.5. The van der Waals surface area contributed by atoms with Crippen LogP contribution in [0.1, 0.15) is 91.7 Å². The number of unbranched alkanes of at least 4 members (excludes halogenated alkanes) is 1. The minimum absolute atomic E-state index is 0.148. The van der Waals surface area contributed by atoms with E-state index in [4.69, 9.17) is 9.47 Å². The first-order valence-corrected chi connectivity index (χ1v) is 17.6. The molecule has 1 heterocycles. The molecule has 268 valence electrons. The molecule has 9 nitrogen and oxygen atoms in total. The molecule has 1 N–H and O–H groups in total. The van der Waals surface area contributed by atoms with Crippen molar-refractivity contribution in [2.45, 2.75) is 71.2 Å². The summed E-state index contributed by atoms with van der Waals surface area (Å²) in [5, 5.41) is 2.74. The van der Waals surface area contributed by atoms with Gasteiger partial charge in [0.2, 0.25) is 0 Å². The van der Waals surface area contributed by atoms with Gasteiger partial charge < -0.3 is 24.6 Å². The first-order valence-electron chi connectivity index (χ1n) is 17.6. The molecular weight excluding hydrogens is 654 g/mol. The van der Waals surface area contributed by atoms with Crippen molar-refractivity contribution in [1.29, 1.82) is 0 Å². The Morgan fingerprint density at radius 3 is 2.19 bits per heavy atom. The lowest BCUT2D eigenvalue weighted by atomic mass is 9.95. The van der Waals surface area contributed by atoms with Crippen molar-refractivity contribution in [3.05, 3.63) is 137 Å². The van der Waals surface area contributed by atoms with Gasteiger partial charge in [-0.2, -0.15) is 0 Å². The molecule has 0 fully saturated rings. The van der Waals surface area contributed by atoms with E-state index in [1.807, 2.05) is 118 Å². The average molecular weight is 700 g/mol. The molecular formula is C43H45N3O6. The SMILES string of the molecule is CCOC(=O)CC(c1ccccc1)N1C(=O)c2cc(C#CCCCNC(=O)OC(C)(C)C)ccc2N(Cc2ccccc2)C(=O)C1c1ccccc1. The lowest BCUT2D eigenvalue weighted by Gasteiger charge is -2.37. The molecule has 1 aliphatic heterocycles. The molecule has 0 aromatic heterocycles. The molecule has 9 heteroatoms. The van der Waals surface area contributed by atoms with E-state index in [0.29, 0.717) is 47.3 Å². The normalized spacial score (nSPS) is 14.7. The molecule has 0 saturated carbocycles. The molecule has 3 amide bonds. The van der Waals surface area contributed by atoms with Crippen molar-refractivity contribution in [3.8, 4) is 11.8 Å². The summed E-state index contributed by atoms with van der Waals surface area (Å²) < 4.78 is 10.7. The van der Waals surface area contributed by atoms with Crippen LogP contribution in [-0.4, -0.2) is 47.5 Å². The van der Waals surface area contributed by atoms with E-state index in [2.05, 4.69) is 17.2 Å². The minimum atomic E-state index is -1.06. The zero-order valence-corrected chi connectivity index (χ0v) is 30.1. The van der Waals surface area contributed by atoms with Crippen LogP contribution in [0.4, 0.5) is 10.5 Å². The second-order valence-electron chi connectivity index (χ2n) is 13.4. The van der Waals surface area contributed by atoms with E-state index in [9.17, 15) is 9.59 Å². The molecule has 0 saturated heterocycles. The maximum Gasteiger partial charge on any atom is 0.407 e. The van der Waals surface area contributed by atoms with E-state index in [1.165, 1.54) is 0 Å². The highest BCUT2D eigenvalue weighted by molar-refractivity contribution is 6.11. The minimum Gasteiger partial charge on any atom is -0.466 e. The first kappa shape index (κ1) is 37.4. The molecule has 2 unspecified atom stereocenters. The number of ether oxygens (including phenoxy) is 2. The number of nitrogens with zero attached hydrogens (tertiary/aromatic N) is 2. The fourth-order valence-corrected chi connectivity index (χ4v) is 6.13. The highest BCUT2D eigenvalue weighted by Crippen LogP contribution is 2.42.